The monoisotopic (exact) mass is 444 g/mol. The Kier molecular flexibility index (Phi) is 7.31. The van der Waals surface area contributed by atoms with Gasteiger partial charge in [0.1, 0.15) is 0 Å². The molecule has 0 radical (unpaired) electrons. The number of allylic oxidation sites excluding steroid dienone is 2. The van der Waals surface area contributed by atoms with Crippen LogP contribution in [0.25, 0.3) is 6.08 Å². The molecule has 1 saturated carbocycles. The number of hydrogen-bond donors (Lipinski definition) is 1. The lowest BCUT2D eigenvalue weighted by atomic mass is 9.78. The number of aliphatic imine (C=N–C) groups is 1. The number of fused-ring (bicyclic) bond motifs is 1. The normalized spacial score (nSPS) is 18.3. The van der Waals surface area contributed by atoms with Crippen LogP contribution in [0.3, 0.4) is 0 Å². The number of rotatable bonds is 8. The summed E-state index contributed by atoms with van der Waals surface area (Å²) < 4.78 is 0. The van der Waals surface area contributed by atoms with Gasteiger partial charge < -0.3 is 5.32 Å². The maximum absolute atomic E-state index is 5.16. The molecule has 0 bridgehead atoms. The second-order valence-electron chi connectivity index (χ2n) is 9.81. The van der Waals surface area contributed by atoms with Gasteiger partial charge in [-0.25, -0.2) is 0 Å². The van der Waals surface area contributed by atoms with Gasteiger partial charge in [-0.1, -0.05) is 82.2 Å². The third-order valence-electron chi connectivity index (χ3n) is 6.78. The van der Waals surface area contributed by atoms with E-state index in [1.165, 1.54) is 55.0 Å². The summed E-state index contributed by atoms with van der Waals surface area (Å²) in [5, 5.41) is 3.45. The number of nitrogens with one attached hydrogen (secondary N) is 1. The van der Waals surface area contributed by atoms with Gasteiger partial charge in [-0.3, -0.25) is 4.99 Å². The Balaban J connectivity index is 1.60. The smallest absolute Gasteiger partial charge is 0.0912 e. The molecule has 1 aliphatic heterocycles. The van der Waals surface area contributed by atoms with Gasteiger partial charge in [0.2, 0.25) is 0 Å². The second-order valence-corrected chi connectivity index (χ2v) is 11.5. The highest BCUT2D eigenvalue weighted by Gasteiger charge is 2.37. The van der Waals surface area contributed by atoms with Crippen LogP contribution in [0.5, 0.6) is 0 Å². The van der Waals surface area contributed by atoms with Crippen LogP contribution in [0.1, 0.15) is 69.6 Å². The molecule has 1 aliphatic carbocycles. The molecule has 3 heteroatoms. The van der Waals surface area contributed by atoms with Gasteiger partial charge in [-0.2, -0.15) is 0 Å². The van der Waals surface area contributed by atoms with E-state index in [0.717, 1.165) is 43.4 Å². The Hall–Kier alpha value is -2.18. The van der Waals surface area contributed by atoms with Crippen LogP contribution in [0.15, 0.2) is 65.8 Å². The van der Waals surface area contributed by atoms with Crippen LogP contribution in [0.2, 0.25) is 0 Å². The van der Waals surface area contributed by atoms with Crippen LogP contribution < -0.4 is 5.32 Å². The van der Waals surface area contributed by atoms with E-state index in [4.69, 9.17) is 4.99 Å². The van der Waals surface area contributed by atoms with Gasteiger partial charge in [0.05, 0.1) is 17.1 Å². The number of benzene rings is 2. The van der Waals surface area contributed by atoms with Gasteiger partial charge in [-0.05, 0) is 66.8 Å². The lowest BCUT2D eigenvalue weighted by Crippen LogP contribution is -2.25. The van der Waals surface area contributed by atoms with E-state index < -0.39 is 0 Å². The average molecular weight is 445 g/mol. The number of aryl methyl sites for hydroxylation is 1. The highest BCUT2D eigenvalue weighted by atomic mass is 31.1. The molecule has 1 fully saturated rings. The van der Waals surface area contributed by atoms with E-state index >= 15 is 0 Å². The minimum atomic E-state index is -0.114. The third-order valence-corrected chi connectivity index (χ3v) is 8.47. The summed E-state index contributed by atoms with van der Waals surface area (Å²) in [7, 11) is 1.09. The van der Waals surface area contributed by atoms with Crippen LogP contribution in [0, 0.1) is 0 Å². The first-order valence-corrected chi connectivity index (χ1v) is 13.4. The zero-order valence-corrected chi connectivity index (χ0v) is 20.9. The Morgan fingerprint density at radius 1 is 1.09 bits per heavy atom. The molecule has 0 saturated heterocycles. The van der Waals surface area contributed by atoms with E-state index in [-0.39, 0.29) is 5.41 Å². The fraction of sp³-hybridized carbons (Fsp3) is 0.414. The van der Waals surface area contributed by atoms with Crippen molar-refractivity contribution >= 4 is 31.7 Å². The predicted octanol–water partition coefficient (Wildman–Crippen LogP) is 8.26. The van der Waals surface area contributed by atoms with Crippen molar-refractivity contribution in [3.63, 3.8) is 0 Å². The van der Waals surface area contributed by atoms with Crippen molar-refractivity contribution < 1.29 is 0 Å². The molecule has 1 N–H and O–H groups in total. The summed E-state index contributed by atoms with van der Waals surface area (Å²) in [5.41, 5.74) is 9.16. The van der Waals surface area contributed by atoms with Gasteiger partial charge in [-0.15, -0.1) is 8.58 Å². The van der Waals surface area contributed by atoms with Crippen molar-refractivity contribution in [1.82, 2.24) is 0 Å². The summed E-state index contributed by atoms with van der Waals surface area (Å²) in [6.07, 6.45) is 14.0. The molecule has 1 atom stereocenters. The maximum Gasteiger partial charge on any atom is 0.0912 e. The minimum Gasteiger partial charge on any atom is -0.358 e. The third kappa shape index (κ3) is 5.24. The fourth-order valence-corrected chi connectivity index (χ4v) is 6.71. The van der Waals surface area contributed by atoms with Crippen molar-refractivity contribution in [2.75, 3.05) is 11.5 Å². The van der Waals surface area contributed by atoms with Crippen molar-refractivity contribution in [2.24, 2.45) is 4.99 Å². The van der Waals surface area contributed by atoms with Gasteiger partial charge >= 0.3 is 0 Å². The molecule has 32 heavy (non-hydrogen) atoms. The maximum atomic E-state index is 5.16. The van der Waals surface area contributed by atoms with Crippen molar-refractivity contribution in [1.29, 1.82) is 0 Å². The van der Waals surface area contributed by atoms with Crippen LogP contribution in [0.4, 0.5) is 11.4 Å². The highest BCUT2D eigenvalue weighted by molar-refractivity contribution is 7.38. The van der Waals surface area contributed by atoms with Gasteiger partial charge in [0, 0.05) is 11.1 Å². The van der Waals surface area contributed by atoms with E-state index in [1.807, 2.05) is 6.92 Å². The van der Waals surface area contributed by atoms with E-state index in [1.54, 1.807) is 0 Å². The van der Waals surface area contributed by atoms with E-state index in [2.05, 4.69) is 80.4 Å². The summed E-state index contributed by atoms with van der Waals surface area (Å²) in [6.45, 7) is 10.7. The van der Waals surface area contributed by atoms with E-state index in [9.17, 15) is 0 Å². The van der Waals surface area contributed by atoms with Crippen molar-refractivity contribution in [3.8, 4) is 0 Å². The van der Waals surface area contributed by atoms with E-state index in [0.29, 0.717) is 0 Å². The Labute approximate surface area is 196 Å². The molecule has 1 heterocycles. The summed E-state index contributed by atoms with van der Waals surface area (Å²) in [4.78, 5) is 5.16. The lowest BCUT2D eigenvalue weighted by molar-refractivity contribution is 0.513. The van der Waals surface area contributed by atoms with Gasteiger partial charge in [0.15, 0.2) is 0 Å². The average Bonchev–Trinajstić information content (AvgIpc) is 3.06. The number of anilines is 1. The Morgan fingerprint density at radius 3 is 2.56 bits per heavy atom. The lowest BCUT2D eigenvalue weighted by Gasteiger charge is -2.25. The molecule has 0 amide bonds. The molecular weight excluding hydrogens is 407 g/mol. The molecule has 2 aromatic rings. The first-order chi connectivity index (χ1) is 15.4. The summed E-state index contributed by atoms with van der Waals surface area (Å²) >= 11 is 0. The van der Waals surface area contributed by atoms with Crippen molar-refractivity contribution in [3.05, 3.63) is 77.5 Å². The molecule has 2 aromatic carbocycles. The summed E-state index contributed by atoms with van der Waals surface area (Å²) in [6, 6.07) is 15.0. The van der Waals surface area contributed by atoms with Crippen LogP contribution in [-0.2, 0) is 11.8 Å². The topological polar surface area (TPSA) is 24.4 Å². The zero-order valence-electron chi connectivity index (χ0n) is 19.9. The quantitative estimate of drug-likeness (QED) is 0.407. The molecule has 2 aliphatic rings. The molecule has 168 valence electrons. The summed E-state index contributed by atoms with van der Waals surface area (Å²) in [5.74, 6) is 0. The SMILES string of the molecule is C=C(C)Nc1ccc(CCPC2CCCCC2)c2c1N=C(/C=C/c1ccccc1)C2(C)C. The standard InChI is InChI=1S/C29H37N2P/c1-21(2)30-25-17-16-23(19-20-32-24-13-9-6-10-14-24)27-28(25)31-26(29(27,3)4)18-15-22-11-7-5-8-12-22/h5,7-8,11-12,15-18,24,30,32H,1,6,9-10,13-14,19-20H2,2-4H3/b18-15+. The fourth-order valence-electron chi connectivity index (χ4n) is 5.08. The second kappa shape index (κ2) is 10.2. The van der Waals surface area contributed by atoms with Crippen LogP contribution in [-0.4, -0.2) is 17.5 Å². The van der Waals surface area contributed by atoms with Gasteiger partial charge in [0.25, 0.3) is 0 Å². The Morgan fingerprint density at radius 2 is 1.84 bits per heavy atom. The zero-order chi connectivity index (χ0) is 22.6. The molecule has 1 unspecified atom stereocenters. The molecule has 2 nitrogen and oxygen atoms in total. The minimum absolute atomic E-state index is 0.114. The first-order valence-electron chi connectivity index (χ1n) is 12.1. The highest BCUT2D eigenvalue weighted by Crippen LogP contribution is 2.47. The number of hydrogen-bond acceptors (Lipinski definition) is 2. The molecule has 0 spiro atoms. The molecule has 4 rings (SSSR count). The molecular formula is C29H37N2P. The first kappa shape index (κ1) is 23.0. The number of nitrogens with zero attached hydrogens (tertiary/aromatic N) is 1. The van der Waals surface area contributed by atoms with Crippen LogP contribution >= 0.6 is 8.58 Å². The Bertz CT molecular complexity index is 1010. The molecule has 0 aromatic heterocycles. The largest absolute Gasteiger partial charge is 0.358 e. The predicted molar refractivity (Wildman–Crippen MR) is 144 cm³/mol. The van der Waals surface area contributed by atoms with Crippen molar-refractivity contribution in [2.45, 2.75) is 70.4 Å².